The Morgan fingerprint density at radius 3 is 2.75 bits per heavy atom. The highest BCUT2D eigenvalue weighted by atomic mass is 16.7. The van der Waals surface area contributed by atoms with Crippen LogP contribution in [0.3, 0.4) is 0 Å². The maximum atomic E-state index is 11.8. The number of likely N-dealkylation sites (tertiary alicyclic amines) is 1. The summed E-state index contributed by atoms with van der Waals surface area (Å²) in [5.41, 5.74) is 0.857. The van der Waals surface area contributed by atoms with E-state index >= 15 is 0 Å². The highest BCUT2D eigenvalue weighted by Gasteiger charge is 2.46. The molecule has 1 amide bonds. The smallest absolute Gasteiger partial charge is 0.249 e. The van der Waals surface area contributed by atoms with E-state index in [1.165, 1.54) is 5.06 Å². The van der Waals surface area contributed by atoms with Gasteiger partial charge in [0.05, 0.1) is 12.1 Å². The van der Waals surface area contributed by atoms with Crippen molar-refractivity contribution in [2.24, 2.45) is 0 Å². The number of piperidine rings is 1. The number of carbonyl (C=O) groups excluding carboxylic acids is 1. The summed E-state index contributed by atoms with van der Waals surface area (Å²) < 4.78 is 0. The Morgan fingerprint density at radius 2 is 2.15 bits per heavy atom. The minimum Gasteiger partial charge on any atom is -0.297 e. The summed E-state index contributed by atoms with van der Waals surface area (Å²) in [6.07, 6.45) is 4.21. The van der Waals surface area contributed by atoms with Gasteiger partial charge in [-0.05, 0) is 31.9 Å². The van der Waals surface area contributed by atoms with Crippen molar-refractivity contribution in [2.45, 2.75) is 38.3 Å². The summed E-state index contributed by atoms with van der Waals surface area (Å²) in [6.45, 7) is 5.39. The molecule has 0 radical (unpaired) electrons. The van der Waals surface area contributed by atoms with Crippen molar-refractivity contribution >= 4 is 5.91 Å². The van der Waals surface area contributed by atoms with Crippen LogP contribution in [0.2, 0.25) is 0 Å². The number of hydrogen-bond donors (Lipinski definition) is 0. The molecule has 108 valence electrons. The van der Waals surface area contributed by atoms with Crippen LogP contribution in [0.1, 0.15) is 31.9 Å². The summed E-state index contributed by atoms with van der Waals surface area (Å²) >= 11 is 0. The largest absolute Gasteiger partial charge is 0.297 e. The summed E-state index contributed by atoms with van der Waals surface area (Å²) in [7, 11) is 0. The van der Waals surface area contributed by atoms with E-state index in [1.54, 1.807) is 0 Å². The van der Waals surface area contributed by atoms with Crippen molar-refractivity contribution in [3.05, 3.63) is 30.1 Å². The van der Waals surface area contributed by atoms with E-state index in [-0.39, 0.29) is 11.5 Å². The topological polar surface area (TPSA) is 45.7 Å². The lowest BCUT2D eigenvalue weighted by Crippen LogP contribution is -2.44. The number of amides is 1. The molecule has 1 spiro atoms. The predicted octanol–water partition coefficient (Wildman–Crippen LogP) is 1.60. The summed E-state index contributed by atoms with van der Waals surface area (Å²) in [4.78, 5) is 24.5. The number of aromatic nitrogens is 1. The molecule has 0 aromatic carbocycles. The van der Waals surface area contributed by atoms with E-state index in [0.717, 1.165) is 38.2 Å². The Hall–Kier alpha value is -1.46. The highest BCUT2D eigenvalue weighted by molar-refractivity contribution is 5.78. The average Bonchev–Trinajstić information content (AvgIpc) is 2.79. The van der Waals surface area contributed by atoms with Crippen LogP contribution in [0, 0.1) is 0 Å². The predicted molar refractivity (Wildman–Crippen MR) is 74.6 cm³/mol. The van der Waals surface area contributed by atoms with Crippen LogP contribution in [-0.4, -0.2) is 46.1 Å². The zero-order chi connectivity index (χ0) is 14.0. The van der Waals surface area contributed by atoms with Gasteiger partial charge in [0.15, 0.2) is 0 Å². The lowest BCUT2D eigenvalue weighted by Gasteiger charge is -2.37. The first-order valence-electron chi connectivity index (χ1n) is 7.32. The molecule has 1 aromatic heterocycles. The fourth-order valence-corrected chi connectivity index (χ4v) is 3.03. The van der Waals surface area contributed by atoms with Crippen molar-refractivity contribution in [3.63, 3.8) is 0 Å². The molecule has 3 heterocycles. The number of nitrogens with zero attached hydrogens (tertiary/aromatic N) is 3. The molecule has 2 saturated heterocycles. The fourth-order valence-electron chi connectivity index (χ4n) is 3.03. The lowest BCUT2D eigenvalue weighted by atomic mass is 9.88. The molecule has 2 aliphatic heterocycles. The molecule has 0 bridgehead atoms. The zero-order valence-corrected chi connectivity index (χ0v) is 11.9. The maximum absolute atomic E-state index is 11.8. The first-order valence-corrected chi connectivity index (χ1v) is 7.32. The summed E-state index contributed by atoms with van der Waals surface area (Å²) in [6, 6.07) is 6.01. The number of hydroxylamine groups is 2. The van der Waals surface area contributed by atoms with Gasteiger partial charge in [-0.2, -0.15) is 0 Å². The molecule has 20 heavy (non-hydrogen) atoms. The van der Waals surface area contributed by atoms with Crippen LogP contribution in [0.25, 0.3) is 0 Å². The molecule has 0 atom stereocenters. The van der Waals surface area contributed by atoms with Crippen LogP contribution in [0.15, 0.2) is 24.4 Å². The van der Waals surface area contributed by atoms with Crippen molar-refractivity contribution < 1.29 is 9.63 Å². The van der Waals surface area contributed by atoms with E-state index in [9.17, 15) is 4.79 Å². The quantitative estimate of drug-likeness (QED) is 0.840. The Balaban J connectivity index is 1.56. The van der Waals surface area contributed by atoms with Crippen LogP contribution in [0.4, 0.5) is 0 Å². The third kappa shape index (κ3) is 2.69. The van der Waals surface area contributed by atoms with E-state index < -0.39 is 0 Å². The standard InChI is InChI=1S/C15H21N3O2/c1-2-18-14(19)11-15(20-18)6-9-17(10-7-15)12-13-5-3-4-8-16-13/h3-5,8H,2,6-7,9-12H2,1H3. The van der Waals surface area contributed by atoms with E-state index in [4.69, 9.17) is 4.84 Å². The summed E-state index contributed by atoms with van der Waals surface area (Å²) in [5.74, 6) is 0.130. The Labute approximate surface area is 119 Å². The van der Waals surface area contributed by atoms with Gasteiger partial charge < -0.3 is 0 Å². The molecular formula is C15H21N3O2. The second-order valence-electron chi connectivity index (χ2n) is 5.64. The molecule has 5 nitrogen and oxygen atoms in total. The SMILES string of the molecule is CCN1OC2(CCN(Cc3ccccn3)CC2)CC1=O. The third-order valence-electron chi connectivity index (χ3n) is 4.22. The molecule has 1 aromatic rings. The van der Waals surface area contributed by atoms with Gasteiger partial charge in [-0.25, -0.2) is 5.06 Å². The Kier molecular flexibility index (Phi) is 3.72. The minimum atomic E-state index is -0.242. The van der Waals surface area contributed by atoms with Gasteiger partial charge in [0.1, 0.15) is 5.60 Å². The molecule has 5 heteroatoms. The highest BCUT2D eigenvalue weighted by Crippen LogP contribution is 2.36. The Morgan fingerprint density at radius 1 is 1.35 bits per heavy atom. The summed E-state index contributed by atoms with van der Waals surface area (Å²) in [5, 5.41) is 1.52. The molecule has 2 aliphatic rings. The maximum Gasteiger partial charge on any atom is 0.249 e. The van der Waals surface area contributed by atoms with Crippen LogP contribution in [0.5, 0.6) is 0 Å². The van der Waals surface area contributed by atoms with Crippen LogP contribution in [-0.2, 0) is 16.2 Å². The second-order valence-corrected chi connectivity index (χ2v) is 5.64. The lowest BCUT2D eigenvalue weighted by molar-refractivity contribution is -0.208. The van der Waals surface area contributed by atoms with Crippen molar-refractivity contribution in [1.82, 2.24) is 14.9 Å². The van der Waals surface area contributed by atoms with Crippen molar-refractivity contribution in [2.75, 3.05) is 19.6 Å². The monoisotopic (exact) mass is 275 g/mol. The Bertz CT molecular complexity index is 469. The fraction of sp³-hybridized carbons (Fsp3) is 0.600. The molecule has 0 N–H and O–H groups in total. The van der Waals surface area contributed by atoms with Gasteiger partial charge in [0, 0.05) is 32.4 Å². The molecule has 0 aliphatic carbocycles. The van der Waals surface area contributed by atoms with E-state index in [2.05, 4.69) is 16.0 Å². The number of rotatable bonds is 3. The minimum absolute atomic E-state index is 0.130. The van der Waals surface area contributed by atoms with Crippen molar-refractivity contribution in [3.8, 4) is 0 Å². The van der Waals surface area contributed by atoms with Gasteiger partial charge in [-0.3, -0.25) is 19.5 Å². The van der Waals surface area contributed by atoms with Crippen LogP contribution >= 0.6 is 0 Å². The molecule has 0 saturated carbocycles. The molecule has 2 fully saturated rings. The van der Waals surface area contributed by atoms with Gasteiger partial charge in [0.25, 0.3) is 0 Å². The first kappa shape index (κ1) is 13.5. The second kappa shape index (κ2) is 5.50. The number of pyridine rings is 1. The molecule has 0 unspecified atom stereocenters. The van der Waals surface area contributed by atoms with Gasteiger partial charge in [0.2, 0.25) is 5.91 Å². The zero-order valence-electron chi connectivity index (χ0n) is 11.9. The van der Waals surface area contributed by atoms with Gasteiger partial charge >= 0.3 is 0 Å². The first-order chi connectivity index (χ1) is 9.71. The van der Waals surface area contributed by atoms with E-state index in [0.29, 0.717) is 13.0 Å². The van der Waals surface area contributed by atoms with Crippen molar-refractivity contribution in [1.29, 1.82) is 0 Å². The third-order valence-corrected chi connectivity index (χ3v) is 4.22. The number of hydrogen-bond acceptors (Lipinski definition) is 4. The van der Waals surface area contributed by atoms with Gasteiger partial charge in [-0.15, -0.1) is 0 Å². The normalized spacial score (nSPS) is 22.6. The molecular weight excluding hydrogens is 254 g/mol. The van der Waals surface area contributed by atoms with Crippen LogP contribution < -0.4 is 0 Å². The van der Waals surface area contributed by atoms with Gasteiger partial charge in [-0.1, -0.05) is 6.07 Å². The molecule has 3 rings (SSSR count). The average molecular weight is 275 g/mol. The van der Waals surface area contributed by atoms with E-state index in [1.807, 2.05) is 25.3 Å². The number of carbonyl (C=O) groups is 1.